The van der Waals surface area contributed by atoms with Gasteiger partial charge in [-0.2, -0.15) is 5.10 Å². The molecule has 164 valence electrons. The molecular formula is C22H26N4O4S. The van der Waals surface area contributed by atoms with E-state index in [0.29, 0.717) is 22.2 Å². The summed E-state index contributed by atoms with van der Waals surface area (Å²) in [6.45, 7) is 9.84. The first-order chi connectivity index (χ1) is 14.6. The van der Waals surface area contributed by atoms with E-state index in [9.17, 15) is 14.4 Å². The van der Waals surface area contributed by atoms with Crippen molar-refractivity contribution in [3.05, 3.63) is 40.9 Å². The number of hydrogen-bond acceptors (Lipinski definition) is 6. The molecule has 0 spiro atoms. The molecule has 1 unspecified atom stereocenters. The third-order valence-electron chi connectivity index (χ3n) is 4.47. The Morgan fingerprint density at radius 3 is 2.29 bits per heavy atom. The number of nitrogens with one attached hydrogen (secondary N) is 2. The monoisotopic (exact) mass is 442 g/mol. The van der Waals surface area contributed by atoms with Crippen LogP contribution in [0.3, 0.4) is 0 Å². The van der Waals surface area contributed by atoms with E-state index in [1.165, 1.54) is 25.2 Å². The van der Waals surface area contributed by atoms with Crippen LogP contribution >= 0.6 is 11.3 Å². The zero-order chi connectivity index (χ0) is 22.7. The molecule has 0 aliphatic carbocycles. The first kappa shape index (κ1) is 22.5. The fraction of sp³-hybridized carbons (Fsp3) is 0.364. The highest BCUT2D eigenvalue weighted by Crippen LogP contribution is 2.29. The average Bonchev–Trinajstić information content (AvgIpc) is 3.24. The molecule has 0 bridgehead atoms. The van der Waals surface area contributed by atoms with Crippen molar-refractivity contribution in [1.29, 1.82) is 0 Å². The Labute approximate surface area is 184 Å². The smallest absolute Gasteiger partial charge is 0.349 e. The van der Waals surface area contributed by atoms with Crippen molar-refractivity contribution in [3.8, 4) is 0 Å². The van der Waals surface area contributed by atoms with Crippen LogP contribution in [0.25, 0.3) is 10.2 Å². The Kier molecular flexibility index (Phi) is 6.74. The Bertz CT molecular complexity index is 1110. The molecule has 0 radical (unpaired) electrons. The van der Waals surface area contributed by atoms with E-state index in [4.69, 9.17) is 4.74 Å². The van der Waals surface area contributed by atoms with Gasteiger partial charge in [0.15, 0.2) is 6.10 Å². The normalized spacial score (nSPS) is 12.1. The van der Waals surface area contributed by atoms with E-state index in [0.717, 1.165) is 22.5 Å². The summed E-state index contributed by atoms with van der Waals surface area (Å²) >= 11 is 1.32. The molecule has 0 aliphatic rings. The van der Waals surface area contributed by atoms with Gasteiger partial charge in [-0.15, -0.1) is 11.3 Å². The fourth-order valence-corrected chi connectivity index (χ4v) is 4.09. The van der Waals surface area contributed by atoms with Gasteiger partial charge in [-0.05, 0) is 50.1 Å². The molecule has 0 saturated carbocycles. The number of aromatic nitrogens is 2. The van der Waals surface area contributed by atoms with Crippen molar-refractivity contribution < 1.29 is 19.1 Å². The predicted octanol–water partition coefficient (Wildman–Crippen LogP) is 4.20. The molecule has 2 amide bonds. The van der Waals surface area contributed by atoms with Crippen LogP contribution in [0, 0.1) is 12.8 Å². The van der Waals surface area contributed by atoms with Gasteiger partial charge >= 0.3 is 5.97 Å². The lowest BCUT2D eigenvalue weighted by atomic mass is 10.2. The molecule has 1 atom stereocenters. The largest absolute Gasteiger partial charge is 0.448 e. The third kappa shape index (κ3) is 5.49. The molecule has 0 aliphatic heterocycles. The highest BCUT2D eigenvalue weighted by molar-refractivity contribution is 7.20. The quantitative estimate of drug-likeness (QED) is 0.534. The maximum atomic E-state index is 12.6. The number of benzene rings is 1. The molecule has 2 heterocycles. The van der Waals surface area contributed by atoms with Crippen LogP contribution in [0.4, 0.5) is 11.4 Å². The van der Waals surface area contributed by atoms with Crippen molar-refractivity contribution in [2.75, 3.05) is 10.6 Å². The summed E-state index contributed by atoms with van der Waals surface area (Å²) in [5.41, 5.74) is 2.02. The van der Waals surface area contributed by atoms with Crippen LogP contribution in [-0.4, -0.2) is 33.7 Å². The summed E-state index contributed by atoms with van der Waals surface area (Å²) in [5, 5.41) is 10.8. The number of fused-ring (bicyclic) bond motifs is 1. The number of hydrogen-bond donors (Lipinski definition) is 2. The average molecular weight is 443 g/mol. The lowest BCUT2D eigenvalue weighted by molar-refractivity contribution is -0.123. The lowest BCUT2D eigenvalue weighted by Crippen LogP contribution is -2.29. The summed E-state index contributed by atoms with van der Waals surface area (Å²) < 4.78 is 7.29. The first-order valence-corrected chi connectivity index (χ1v) is 10.8. The van der Waals surface area contributed by atoms with Gasteiger partial charge in [0.05, 0.1) is 5.69 Å². The molecular weight excluding hydrogens is 416 g/mol. The van der Waals surface area contributed by atoms with Crippen molar-refractivity contribution in [3.63, 3.8) is 0 Å². The summed E-state index contributed by atoms with van der Waals surface area (Å²) in [4.78, 5) is 37.5. The number of thiophene rings is 1. The number of carbonyl (C=O) groups excluding carboxylic acids is 3. The van der Waals surface area contributed by atoms with Crippen molar-refractivity contribution in [2.45, 2.75) is 47.3 Å². The number of carbonyl (C=O) groups is 3. The molecule has 2 aromatic heterocycles. The molecule has 9 heteroatoms. The Balaban J connectivity index is 1.64. The van der Waals surface area contributed by atoms with Gasteiger partial charge in [0, 0.05) is 30.2 Å². The molecule has 1 aromatic carbocycles. The van der Waals surface area contributed by atoms with E-state index < -0.39 is 18.0 Å². The summed E-state index contributed by atoms with van der Waals surface area (Å²) in [6.07, 6.45) is -0.971. The molecule has 8 nitrogen and oxygen atoms in total. The second kappa shape index (κ2) is 9.30. The number of amides is 2. The highest BCUT2D eigenvalue weighted by atomic mass is 32.1. The third-order valence-corrected chi connectivity index (χ3v) is 5.60. The molecule has 3 aromatic rings. The predicted molar refractivity (Wildman–Crippen MR) is 121 cm³/mol. The van der Waals surface area contributed by atoms with E-state index in [2.05, 4.69) is 29.6 Å². The molecule has 0 fully saturated rings. The van der Waals surface area contributed by atoms with E-state index in [1.54, 1.807) is 30.3 Å². The Hall–Kier alpha value is -3.20. The minimum atomic E-state index is -0.971. The number of nitrogens with zero attached hydrogens (tertiary/aromatic N) is 2. The number of esters is 1. The van der Waals surface area contributed by atoms with Crippen LogP contribution in [-0.2, 0) is 20.9 Å². The van der Waals surface area contributed by atoms with E-state index >= 15 is 0 Å². The number of ether oxygens (including phenoxy) is 1. The second-order valence-electron chi connectivity index (χ2n) is 7.79. The summed E-state index contributed by atoms with van der Waals surface area (Å²) in [5.74, 6) is -0.731. The van der Waals surface area contributed by atoms with Gasteiger partial charge < -0.3 is 15.4 Å². The topological polar surface area (TPSA) is 102 Å². The zero-order valence-corrected chi connectivity index (χ0v) is 19.0. The van der Waals surface area contributed by atoms with Crippen molar-refractivity contribution in [1.82, 2.24) is 9.78 Å². The van der Waals surface area contributed by atoms with Crippen molar-refractivity contribution >= 4 is 50.7 Å². The number of aryl methyl sites for hydroxylation is 1. The van der Waals surface area contributed by atoms with Crippen LogP contribution in [0.1, 0.15) is 43.1 Å². The van der Waals surface area contributed by atoms with Gasteiger partial charge in [0.1, 0.15) is 9.71 Å². The van der Waals surface area contributed by atoms with Gasteiger partial charge in [-0.3, -0.25) is 14.3 Å². The molecule has 0 saturated heterocycles. The van der Waals surface area contributed by atoms with Crippen molar-refractivity contribution in [2.24, 2.45) is 5.92 Å². The standard InChI is InChI=1S/C22H26N4O4S/c1-12(2)11-26-21-18(13(3)25-26)10-19(31-21)22(29)30-14(4)20(28)24-17-8-6-16(7-9-17)23-15(5)27/h6-10,12,14H,11H2,1-5H3,(H,23,27)(H,24,28). The van der Waals surface area contributed by atoms with Crippen LogP contribution in [0.5, 0.6) is 0 Å². The summed E-state index contributed by atoms with van der Waals surface area (Å²) in [6, 6.07) is 8.44. The van der Waals surface area contributed by atoms with Gasteiger partial charge in [0.25, 0.3) is 5.91 Å². The number of rotatable bonds is 7. The second-order valence-corrected chi connectivity index (χ2v) is 8.82. The first-order valence-electron chi connectivity index (χ1n) is 10.0. The lowest BCUT2D eigenvalue weighted by Gasteiger charge is -2.13. The van der Waals surface area contributed by atoms with Crippen LogP contribution in [0.2, 0.25) is 0 Å². The van der Waals surface area contributed by atoms with Gasteiger partial charge in [-0.1, -0.05) is 13.8 Å². The number of anilines is 2. The fourth-order valence-electron chi connectivity index (χ4n) is 3.04. The molecule has 3 rings (SSSR count). The maximum absolute atomic E-state index is 12.6. The Morgan fingerprint density at radius 1 is 1.10 bits per heavy atom. The molecule has 2 N–H and O–H groups in total. The SMILES string of the molecule is CC(=O)Nc1ccc(NC(=O)C(C)OC(=O)c2cc3c(C)nn(CC(C)C)c3s2)cc1. The van der Waals surface area contributed by atoms with Gasteiger partial charge in [0.2, 0.25) is 5.91 Å². The summed E-state index contributed by atoms with van der Waals surface area (Å²) in [7, 11) is 0. The van der Waals surface area contributed by atoms with Crippen LogP contribution < -0.4 is 10.6 Å². The Morgan fingerprint density at radius 2 is 1.71 bits per heavy atom. The van der Waals surface area contributed by atoms with Crippen LogP contribution in [0.15, 0.2) is 30.3 Å². The van der Waals surface area contributed by atoms with Gasteiger partial charge in [-0.25, -0.2) is 4.79 Å². The minimum absolute atomic E-state index is 0.175. The zero-order valence-electron chi connectivity index (χ0n) is 18.2. The van der Waals surface area contributed by atoms with E-state index in [-0.39, 0.29) is 5.91 Å². The van der Waals surface area contributed by atoms with E-state index in [1.807, 2.05) is 11.6 Å². The molecule has 31 heavy (non-hydrogen) atoms. The highest BCUT2D eigenvalue weighted by Gasteiger charge is 2.22. The minimum Gasteiger partial charge on any atom is -0.448 e. The maximum Gasteiger partial charge on any atom is 0.349 e.